The molecule has 1 rings (SSSR count). The molecule has 0 aliphatic heterocycles. The van der Waals surface area contributed by atoms with Gasteiger partial charge < -0.3 is 15.4 Å². The summed E-state index contributed by atoms with van der Waals surface area (Å²) in [5, 5.41) is 5.64. The summed E-state index contributed by atoms with van der Waals surface area (Å²) in [6, 6.07) is 6.00. The zero-order valence-electron chi connectivity index (χ0n) is 13.0. The Hall–Kier alpha value is -1.71. The van der Waals surface area contributed by atoms with Crippen molar-refractivity contribution in [3.05, 3.63) is 29.3 Å². The summed E-state index contributed by atoms with van der Waals surface area (Å²) >= 11 is 0. The average Bonchev–Trinajstić information content (AvgIpc) is 2.39. The summed E-state index contributed by atoms with van der Waals surface area (Å²) in [5.74, 6) is 1.42. The number of hydrogen-bond acceptors (Lipinski definition) is 2. The fraction of sp³-hybridized carbons (Fsp3) is 0.562. The van der Waals surface area contributed by atoms with Gasteiger partial charge in [0.15, 0.2) is 0 Å². The molecule has 0 bridgehead atoms. The second-order valence-electron chi connectivity index (χ2n) is 5.45. The molecular weight excluding hydrogens is 252 g/mol. The summed E-state index contributed by atoms with van der Waals surface area (Å²) in [7, 11) is 0. The highest BCUT2D eigenvalue weighted by atomic mass is 16.5. The summed E-state index contributed by atoms with van der Waals surface area (Å²) in [4.78, 5) is 11.4. The fourth-order valence-electron chi connectivity index (χ4n) is 1.83. The summed E-state index contributed by atoms with van der Waals surface area (Å²) < 4.78 is 5.78. The number of carbonyl (C=O) groups excluding carboxylic acids is 1. The molecule has 0 saturated carbocycles. The lowest BCUT2D eigenvalue weighted by atomic mass is 10.1. The van der Waals surface area contributed by atoms with E-state index in [0.29, 0.717) is 25.6 Å². The first-order chi connectivity index (χ1) is 9.50. The summed E-state index contributed by atoms with van der Waals surface area (Å²) in [5.41, 5.74) is 2.29. The lowest BCUT2D eigenvalue weighted by molar-refractivity contribution is 0.237. The summed E-state index contributed by atoms with van der Waals surface area (Å²) in [6.45, 7) is 10.1. The van der Waals surface area contributed by atoms with Gasteiger partial charge in [0.25, 0.3) is 0 Å². The first-order valence-corrected chi connectivity index (χ1v) is 7.21. The Balaban J connectivity index is 2.18. The number of rotatable bonds is 7. The zero-order chi connectivity index (χ0) is 15.0. The van der Waals surface area contributed by atoms with Crippen LogP contribution in [0, 0.1) is 19.8 Å². The number of carbonyl (C=O) groups is 1. The molecule has 2 N–H and O–H groups in total. The summed E-state index contributed by atoms with van der Waals surface area (Å²) in [6.07, 6.45) is 0.795. The SMILES string of the molecule is Cc1cccc(C)c1OCCCNC(=O)NCC(C)C. The Bertz CT molecular complexity index is 410. The number of hydrogen-bond donors (Lipinski definition) is 2. The zero-order valence-corrected chi connectivity index (χ0v) is 13.0. The third-order valence-electron chi connectivity index (χ3n) is 2.93. The smallest absolute Gasteiger partial charge is 0.314 e. The molecule has 1 aromatic carbocycles. The van der Waals surface area contributed by atoms with E-state index < -0.39 is 0 Å². The van der Waals surface area contributed by atoms with Crippen LogP contribution in [0.2, 0.25) is 0 Å². The maximum Gasteiger partial charge on any atom is 0.314 e. The van der Waals surface area contributed by atoms with Gasteiger partial charge in [0.1, 0.15) is 5.75 Å². The van der Waals surface area contributed by atoms with E-state index in [1.807, 2.05) is 32.0 Å². The van der Waals surface area contributed by atoms with Crippen LogP contribution in [0.25, 0.3) is 0 Å². The Morgan fingerprint density at radius 2 is 1.85 bits per heavy atom. The van der Waals surface area contributed by atoms with Gasteiger partial charge in [0.05, 0.1) is 6.61 Å². The van der Waals surface area contributed by atoms with Crippen LogP contribution in [0.1, 0.15) is 31.4 Å². The van der Waals surface area contributed by atoms with Crippen LogP contribution in [0.15, 0.2) is 18.2 Å². The van der Waals surface area contributed by atoms with Crippen LogP contribution in [0.3, 0.4) is 0 Å². The van der Waals surface area contributed by atoms with Crippen LogP contribution in [0.5, 0.6) is 5.75 Å². The van der Waals surface area contributed by atoms with Gasteiger partial charge >= 0.3 is 6.03 Å². The van der Waals surface area contributed by atoms with Gasteiger partial charge in [-0.25, -0.2) is 4.79 Å². The number of ether oxygens (including phenoxy) is 1. The molecule has 0 saturated heterocycles. The largest absolute Gasteiger partial charge is 0.493 e. The van der Waals surface area contributed by atoms with Gasteiger partial charge in [-0.3, -0.25) is 0 Å². The van der Waals surface area contributed by atoms with E-state index in [1.54, 1.807) is 0 Å². The molecule has 4 nitrogen and oxygen atoms in total. The molecule has 0 unspecified atom stereocenters. The van der Waals surface area contributed by atoms with E-state index in [0.717, 1.165) is 23.3 Å². The first kappa shape index (κ1) is 16.3. The van der Waals surface area contributed by atoms with E-state index in [-0.39, 0.29) is 6.03 Å². The molecule has 0 fully saturated rings. The van der Waals surface area contributed by atoms with Crippen LogP contribution < -0.4 is 15.4 Å². The molecule has 0 heterocycles. The minimum atomic E-state index is -0.106. The molecule has 0 radical (unpaired) electrons. The molecule has 2 amide bonds. The topological polar surface area (TPSA) is 50.4 Å². The van der Waals surface area contributed by atoms with Gasteiger partial charge in [-0.05, 0) is 37.3 Å². The quantitative estimate of drug-likeness (QED) is 0.753. The maximum atomic E-state index is 11.4. The minimum absolute atomic E-state index is 0.106. The lowest BCUT2D eigenvalue weighted by Gasteiger charge is -2.12. The highest BCUT2D eigenvalue weighted by Gasteiger charge is 2.03. The van der Waals surface area contributed by atoms with Crippen LogP contribution >= 0.6 is 0 Å². The van der Waals surface area contributed by atoms with E-state index in [4.69, 9.17) is 4.74 Å². The van der Waals surface area contributed by atoms with Gasteiger partial charge in [-0.1, -0.05) is 32.0 Å². The molecule has 4 heteroatoms. The third-order valence-corrected chi connectivity index (χ3v) is 2.93. The Kier molecular flexibility index (Phi) is 6.91. The normalized spacial score (nSPS) is 10.4. The molecule has 0 aliphatic rings. The van der Waals surface area contributed by atoms with E-state index in [9.17, 15) is 4.79 Å². The highest BCUT2D eigenvalue weighted by Crippen LogP contribution is 2.22. The second-order valence-corrected chi connectivity index (χ2v) is 5.45. The maximum absolute atomic E-state index is 11.4. The molecule has 0 atom stereocenters. The number of urea groups is 1. The predicted octanol–water partition coefficient (Wildman–Crippen LogP) is 3.03. The van der Waals surface area contributed by atoms with Gasteiger partial charge in [-0.2, -0.15) is 0 Å². The van der Waals surface area contributed by atoms with E-state index >= 15 is 0 Å². The molecule has 0 aromatic heterocycles. The molecule has 0 aliphatic carbocycles. The number of nitrogens with one attached hydrogen (secondary N) is 2. The van der Waals surface area contributed by atoms with Crippen LogP contribution in [0.4, 0.5) is 4.79 Å². The van der Waals surface area contributed by atoms with Gasteiger partial charge in [0, 0.05) is 13.1 Å². The highest BCUT2D eigenvalue weighted by molar-refractivity contribution is 5.73. The van der Waals surface area contributed by atoms with Crippen molar-refractivity contribution in [2.45, 2.75) is 34.1 Å². The second kappa shape index (κ2) is 8.46. The fourth-order valence-corrected chi connectivity index (χ4v) is 1.83. The Morgan fingerprint density at radius 1 is 1.20 bits per heavy atom. The van der Waals surface area contributed by atoms with Crippen LogP contribution in [-0.2, 0) is 0 Å². The third kappa shape index (κ3) is 5.95. The van der Waals surface area contributed by atoms with Crippen LogP contribution in [-0.4, -0.2) is 25.7 Å². The van der Waals surface area contributed by atoms with Gasteiger partial charge in [0.2, 0.25) is 0 Å². The first-order valence-electron chi connectivity index (χ1n) is 7.21. The van der Waals surface area contributed by atoms with Crippen molar-refractivity contribution >= 4 is 6.03 Å². The number of para-hydroxylation sites is 1. The van der Waals surface area contributed by atoms with Crippen molar-refractivity contribution in [2.24, 2.45) is 5.92 Å². The van der Waals surface area contributed by atoms with Gasteiger partial charge in [-0.15, -0.1) is 0 Å². The van der Waals surface area contributed by atoms with Crippen molar-refractivity contribution in [3.63, 3.8) is 0 Å². The van der Waals surface area contributed by atoms with Crippen molar-refractivity contribution in [1.82, 2.24) is 10.6 Å². The Morgan fingerprint density at radius 3 is 2.45 bits per heavy atom. The van der Waals surface area contributed by atoms with Crippen molar-refractivity contribution in [3.8, 4) is 5.75 Å². The molecular formula is C16H26N2O2. The number of amides is 2. The predicted molar refractivity (Wildman–Crippen MR) is 82.3 cm³/mol. The average molecular weight is 278 g/mol. The minimum Gasteiger partial charge on any atom is -0.493 e. The van der Waals surface area contributed by atoms with Crippen molar-refractivity contribution in [2.75, 3.05) is 19.7 Å². The molecule has 20 heavy (non-hydrogen) atoms. The molecule has 1 aromatic rings. The standard InChI is InChI=1S/C16H26N2O2/c1-12(2)11-18-16(19)17-9-6-10-20-15-13(3)7-5-8-14(15)4/h5,7-8,12H,6,9-11H2,1-4H3,(H2,17,18,19). The van der Waals surface area contributed by atoms with E-state index in [2.05, 4.69) is 24.5 Å². The molecule has 0 spiro atoms. The monoisotopic (exact) mass is 278 g/mol. The lowest BCUT2D eigenvalue weighted by Crippen LogP contribution is -2.38. The Labute approximate surface area is 121 Å². The van der Waals surface area contributed by atoms with Crippen molar-refractivity contribution < 1.29 is 9.53 Å². The van der Waals surface area contributed by atoms with E-state index in [1.165, 1.54) is 0 Å². The number of benzene rings is 1. The number of aryl methyl sites for hydroxylation is 2. The van der Waals surface area contributed by atoms with Crippen molar-refractivity contribution in [1.29, 1.82) is 0 Å². The molecule has 112 valence electrons.